The van der Waals surface area contributed by atoms with E-state index in [-0.39, 0.29) is 11.5 Å². The van der Waals surface area contributed by atoms with Crippen LogP contribution in [0.2, 0.25) is 0 Å². The summed E-state index contributed by atoms with van der Waals surface area (Å²) in [6, 6.07) is 50.1. The van der Waals surface area contributed by atoms with Crippen molar-refractivity contribution in [3.05, 3.63) is 225 Å². The number of benzene rings is 6. The number of rotatable bonds is 4. The van der Waals surface area contributed by atoms with Crippen molar-refractivity contribution in [2.24, 2.45) is 0 Å². The highest BCUT2D eigenvalue weighted by atomic mass is 16.3. The molecule has 0 N–H and O–H groups in total. The Labute approximate surface area is 352 Å². The Kier molecular flexibility index (Phi) is 7.10. The minimum absolute atomic E-state index is 0.0306. The van der Waals surface area contributed by atoms with E-state index in [2.05, 4.69) is 189 Å². The van der Waals surface area contributed by atoms with Crippen LogP contribution in [-0.4, -0.2) is 0 Å². The third kappa shape index (κ3) is 4.38. The maximum atomic E-state index is 7.02. The Bertz CT molecular complexity index is 3160. The first-order chi connectivity index (χ1) is 29.5. The van der Waals surface area contributed by atoms with Crippen LogP contribution in [0, 0.1) is 0 Å². The molecule has 0 fully saturated rings. The molecular weight excluding hydrogens is 727 g/mol. The topological polar surface area (TPSA) is 16.4 Å². The van der Waals surface area contributed by atoms with E-state index in [9.17, 15) is 0 Å². The van der Waals surface area contributed by atoms with Gasteiger partial charge in [0.1, 0.15) is 11.3 Å². The summed E-state index contributed by atoms with van der Waals surface area (Å²) in [5.41, 5.74) is 23.6. The highest BCUT2D eigenvalue weighted by molar-refractivity contribution is 6.07. The molecule has 2 heteroatoms. The second kappa shape index (κ2) is 12.4. The van der Waals surface area contributed by atoms with Crippen LogP contribution in [0.4, 0.5) is 5.69 Å². The van der Waals surface area contributed by atoms with E-state index in [0.717, 1.165) is 43.4 Å². The van der Waals surface area contributed by atoms with Crippen LogP contribution >= 0.6 is 0 Å². The predicted molar refractivity (Wildman–Crippen MR) is 248 cm³/mol. The van der Waals surface area contributed by atoms with Crippen LogP contribution < -0.4 is 4.90 Å². The van der Waals surface area contributed by atoms with E-state index >= 15 is 0 Å². The minimum Gasteiger partial charge on any atom is -0.458 e. The zero-order valence-corrected chi connectivity index (χ0v) is 34.1. The molecule has 6 aromatic carbocycles. The van der Waals surface area contributed by atoms with E-state index in [1.165, 1.54) is 100 Å². The molecule has 1 spiro atoms. The first-order valence-corrected chi connectivity index (χ1v) is 21.9. The zero-order chi connectivity index (χ0) is 39.7. The number of fused-ring (bicyclic) bond motifs is 17. The lowest BCUT2D eigenvalue weighted by molar-refractivity contribution is 0.478. The van der Waals surface area contributed by atoms with E-state index in [0.29, 0.717) is 0 Å². The fourth-order valence-electron chi connectivity index (χ4n) is 12.3. The summed E-state index contributed by atoms with van der Waals surface area (Å²) in [4.78, 5) is 2.75. The lowest BCUT2D eigenvalue weighted by atomic mass is 9.68. The van der Waals surface area contributed by atoms with Crippen molar-refractivity contribution < 1.29 is 4.42 Å². The van der Waals surface area contributed by atoms with Crippen molar-refractivity contribution in [1.29, 1.82) is 0 Å². The summed E-state index contributed by atoms with van der Waals surface area (Å²) in [5, 5.41) is 1.18. The molecule has 6 aliphatic rings. The number of nitrogens with zero attached hydrogens (tertiary/aromatic N) is 1. The average Bonchev–Trinajstić information content (AvgIpc) is 4.00. The molecule has 1 unspecified atom stereocenters. The number of hydrogen-bond acceptors (Lipinski definition) is 2. The molecule has 0 bridgehead atoms. The van der Waals surface area contributed by atoms with Gasteiger partial charge in [-0.3, -0.25) is 0 Å². The fourth-order valence-corrected chi connectivity index (χ4v) is 12.3. The van der Waals surface area contributed by atoms with Crippen LogP contribution in [0.1, 0.15) is 102 Å². The molecule has 288 valence electrons. The molecule has 0 aliphatic heterocycles. The zero-order valence-electron chi connectivity index (χ0n) is 34.1. The molecule has 1 heterocycles. The van der Waals surface area contributed by atoms with Crippen molar-refractivity contribution in [3.63, 3.8) is 0 Å². The van der Waals surface area contributed by atoms with E-state index in [1.807, 2.05) is 0 Å². The summed E-state index contributed by atoms with van der Waals surface area (Å²) in [5.74, 6) is 1.06. The standard InChI is InChI=1S/C58H45NO/c1-57(2)45-25-11-8-22-43(45)54-53-44-23-9-14-28-48(44)58(46-26-12-6-19-39(46)40-20-7-13-27-47(40)58)49(53)35-51(55(54)57)59(38-33-31-37(32-34-38)36-17-4-3-5-18-36)50-29-16-24-42-41-21-10-15-30-52(41)60-56(42)50/h3-6,8-12,14-28,30-31,33,35,50H,7,13,29,32,34H2,1-2H3/t50?,58-/m0/s1. The van der Waals surface area contributed by atoms with Crippen molar-refractivity contribution >= 4 is 33.9 Å². The van der Waals surface area contributed by atoms with Crippen molar-refractivity contribution in [1.82, 2.24) is 0 Å². The maximum absolute atomic E-state index is 7.02. The van der Waals surface area contributed by atoms with Gasteiger partial charge in [-0.25, -0.2) is 0 Å². The second-order valence-electron chi connectivity index (χ2n) is 18.0. The summed E-state index contributed by atoms with van der Waals surface area (Å²) in [6.07, 6.45) is 19.5. The number of anilines is 1. The fraction of sp³-hybridized carbons (Fsp3) is 0.172. The SMILES string of the molecule is CC1(C)c2ccccc2-c2c3c(cc(N(C4=CC=C(c5ccccc5)CC4)C4CC=Cc5c4oc4ccccc54)c21)[C@@]1(C2=CCCC=C2c2ccccc21)c1ccccc1-3. The largest absolute Gasteiger partial charge is 0.458 e. The van der Waals surface area contributed by atoms with Gasteiger partial charge >= 0.3 is 0 Å². The monoisotopic (exact) mass is 771 g/mol. The van der Waals surface area contributed by atoms with Gasteiger partial charge in [0.05, 0.1) is 11.5 Å². The smallest absolute Gasteiger partial charge is 0.135 e. The van der Waals surface area contributed by atoms with E-state index in [4.69, 9.17) is 4.42 Å². The Hall–Kier alpha value is -6.64. The highest BCUT2D eigenvalue weighted by Gasteiger charge is 2.56. The number of para-hydroxylation sites is 1. The first-order valence-electron chi connectivity index (χ1n) is 21.9. The molecular formula is C58H45NO. The van der Waals surface area contributed by atoms with Crippen LogP contribution in [0.3, 0.4) is 0 Å². The van der Waals surface area contributed by atoms with Gasteiger partial charge < -0.3 is 9.32 Å². The first kappa shape index (κ1) is 34.2. The summed E-state index contributed by atoms with van der Waals surface area (Å²) in [7, 11) is 0. The third-order valence-electron chi connectivity index (χ3n) is 14.7. The molecule has 13 rings (SSSR count). The van der Waals surface area contributed by atoms with Gasteiger partial charge in [0.15, 0.2) is 0 Å². The summed E-state index contributed by atoms with van der Waals surface area (Å²) < 4.78 is 7.02. The third-order valence-corrected chi connectivity index (χ3v) is 14.7. The molecule has 0 amide bonds. The Morgan fingerprint density at radius 1 is 0.633 bits per heavy atom. The van der Waals surface area contributed by atoms with Crippen LogP contribution in [0.15, 0.2) is 180 Å². The van der Waals surface area contributed by atoms with Gasteiger partial charge in [-0.05, 0) is 128 Å². The lowest BCUT2D eigenvalue weighted by Gasteiger charge is -2.41. The van der Waals surface area contributed by atoms with Crippen LogP contribution in [0.25, 0.3) is 50.4 Å². The van der Waals surface area contributed by atoms with Crippen molar-refractivity contribution in [2.45, 2.75) is 62.8 Å². The van der Waals surface area contributed by atoms with Gasteiger partial charge in [0.2, 0.25) is 0 Å². The van der Waals surface area contributed by atoms with E-state index < -0.39 is 5.41 Å². The molecule has 0 saturated carbocycles. The van der Waals surface area contributed by atoms with Gasteiger partial charge in [-0.2, -0.15) is 0 Å². The van der Waals surface area contributed by atoms with Crippen LogP contribution in [0.5, 0.6) is 0 Å². The van der Waals surface area contributed by atoms with Gasteiger partial charge in [0, 0.05) is 27.7 Å². The van der Waals surface area contributed by atoms with Gasteiger partial charge in [-0.15, -0.1) is 0 Å². The van der Waals surface area contributed by atoms with Gasteiger partial charge in [-0.1, -0.05) is 166 Å². The Balaban J connectivity index is 1.16. The van der Waals surface area contributed by atoms with E-state index in [1.54, 1.807) is 0 Å². The lowest BCUT2D eigenvalue weighted by Crippen LogP contribution is -2.33. The summed E-state index contributed by atoms with van der Waals surface area (Å²) >= 11 is 0. The molecule has 0 saturated heterocycles. The Morgan fingerprint density at radius 2 is 1.32 bits per heavy atom. The molecule has 0 radical (unpaired) electrons. The molecule has 6 aliphatic carbocycles. The molecule has 60 heavy (non-hydrogen) atoms. The average molecular weight is 772 g/mol. The number of furan rings is 1. The molecule has 7 aromatic rings. The van der Waals surface area contributed by atoms with Gasteiger partial charge in [0.25, 0.3) is 0 Å². The summed E-state index contributed by atoms with van der Waals surface area (Å²) in [6.45, 7) is 4.93. The predicted octanol–water partition coefficient (Wildman–Crippen LogP) is 14.9. The normalized spacial score (nSPS) is 20.9. The quantitative estimate of drug-likeness (QED) is 0.177. The number of allylic oxidation sites excluding steroid dienone is 8. The van der Waals surface area contributed by atoms with Crippen molar-refractivity contribution in [3.8, 4) is 22.3 Å². The number of hydrogen-bond donors (Lipinski definition) is 0. The second-order valence-corrected chi connectivity index (χ2v) is 18.0. The molecule has 2 nitrogen and oxygen atoms in total. The minimum atomic E-state index is -0.426. The van der Waals surface area contributed by atoms with Crippen molar-refractivity contribution in [2.75, 3.05) is 4.90 Å². The maximum Gasteiger partial charge on any atom is 0.135 e. The van der Waals surface area contributed by atoms with Crippen LogP contribution in [-0.2, 0) is 10.8 Å². The highest BCUT2D eigenvalue weighted by Crippen LogP contribution is 2.69. The Morgan fingerprint density at radius 3 is 2.12 bits per heavy atom. The molecule has 1 aromatic heterocycles. The molecule has 2 atom stereocenters.